The average molecular weight is 507 g/mol. The van der Waals surface area contributed by atoms with Crippen LogP contribution < -0.4 is 14.9 Å². The number of rotatable bonds is 7. The van der Waals surface area contributed by atoms with Crippen molar-refractivity contribution >= 4 is 28.1 Å². The Morgan fingerprint density at radius 2 is 1.97 bits per heavy atom. The second-order valence-electron chi connectivity index (χ2n) is 6.60. The van der Waals surface area contributed by atoms with Gasteiger partial charge in [-0.25, -0.2) is 9.82 Å². The van der Waals surface area contributed by atoms with Crippen molar-refractivity contribution in [2.24, 2.45) is 5.10 Å². The molecule has 0 saturated carbocycles. The molecule has 3 aromatic rings. The minimum Gasteiger partial charge on any atom is -0.493 e. The van der Waals surface area contributed by atoms with E-state index in [1.807, 2.05) is 6.07 Å². The number of hydrogen-bond donors (Lipinski definition) is 1. The average Bonchev–Trinajstić information content (AvgIpc) is 2.82. The van der Waals surface area contributed by atoms with Gasteiger partial charge in [-0.15, -0.1) is 0 Å². The van der Waals surface area contributed by atoms with Crippen molar-refractivity contribution in [3.05, 3.63) is 92.7 Å². The smallest absolute Gasteiger partial charge is 0.274 e. The number of nitriles is 2. The highest BCUT2D eigenvalue weighted by molar-refractivity contribution is 9.10. The monoisotopic (exact) mass is 506 g/mol. The van der Waals surface area contributed by atoms with E-state index >= 15 is 0 Å². The van der Waals surface area contributed by atoms with Crippen LogP contribution in [0.5, 0.6) is 11.5 Å². The number of nitrogens with zero attached hydrogens (tertiary/aromatic N) is 3. The first-order valence-electron chi connectivity index (χ1n) is 9.48. The maximum Gasteiger partial charge on any atom is 0.274 e. The van der Waals surface area contributed by atoms with E-state index in [0.717, 1.165) is 11.6 Å². The Balaban J connectivity index is 1.72. The summed E-state index contributed by atoms with van der Waals surface area (Å²) in [7, 11) is 1.48. The van der Waals surface area contributed by atoms with Crippen molar-refractivity contribution in [3.63, 3.8) is 0 Å². The van der Waals surface area contributed by atoms with E-state index in [-0.39, 0.29) is 17.7 Å². The summed E-state index contributed by atoms with van der Waals surface area (Å²) in [5.41, 5.74) is 3.96. The highest BCUT2D eigenvalue weighted by Gasteiger charge is 2.14. The Morgan fingerprint density at radius 1 is 1.18 bits per heavy atom. The van der Waals surface area contributed by atoms with E-state index in [9.17, 15) is 14.4 Å². The number of carbonyl (C=O) groups excluding carboxylic acids is 1. The van der Waals surface area contributed by atoms with E-state index in [1.165, 1.54) is 25.5 Å². The molecule has 1 amide bonds. The van der Waals surface area contributed by atoms with Crippen LogP contribution in [0.4, 0.5) is 4.39 Å². The SMILES string of the molecule is COc1cc(C=NNC(=O)c2ccc(C#N)cc2F)cc(Br)c1OCc1ccccc1C#N. The number of benzene rings is 3. The fourth-order valence-electron chi connectivity index (χ4n) is 2.85. The van der Waals surface area contributed by atoms with Gasteiger partial charge in [-0.3, -0.25) is 4.79 Å². The maximum atomic E-state index is 14.0. The van der Waals surface area contributed by atoms with Crippen molar-refractivity contribution < 1.29 is 18.7 Å². The summed E-state index contributed by atoms with van der Waals surface area (Å²) in [6.45, 7) is 0.165. The summed E-state index contributed by atoms with van der Waals surface area (Å²) < 4.78 is 25.8. The lowest BCUT2D eigenvalue weighted by molar-refractivity contribution is 0.0951. The molecule has 0 aliphatic heterocycles. The lowest BCUT2D eigenvalue weighted by Crippen LogP contribution is -2.19. The molecule has 0 bridgehead atoms. The van der Waals surface area contributed by atoms with Crippen molar-refractivity contribution in [2.75, 3.05) is 7.11 Å². The molecule has 0 unspecified atom stereocenters. The molecule has 1 N–H and O–H groups in total. The van der Waals surface area contributed by atoms with Crippen LogP contribution in [0.3, 0.4) is 0 Å². The molecular formula is C24H16BrFN4O3. The number of ether oxygens (including phenoxy) is 2. The molecule has 0 aromatic heterocycles. The zero-order valence-electron chi connectivity index (χ0n) is 17.3. The van der Waals surface area contributed by atoms with Crippen LogP contribution in [0.2, 0.25) is 0 Å². The molecule has 3 rings (SSSR count). The van der Waals surface area contributed by atoms with Gasteiger partial charge in [-0.1, -0.05) is 18.2 Å². The quantitative estimate of drug-likeness (QED) is 0.369. The Hall–Kier alpha value is -4.21. The number of hydrogen-bond acceptors (Lipinski definition) is 6. The lowest BCUT2D eigenvalue weighted by Gasteiger charge is -2.14. The molecule has 0 heterocycles. The van der Waals surface area contributed by atoms with Crippen LogP contribution in [0, 0.1) is 28.5 Å². The third-order valence-electron chi connectivity index (χ3n) is 4.48. The summed E-state index contributed by atoms with van der Waals surface area (Å²) in [5, 5.41) is 21.9. The molecule has 0 aliphatic carbocycles. The van der Waals surface area contributed by atoms with Crippen LogP contribution in [-0.4, -0.2) is 19.2 Å². The molecule has 0 fully saturated rings. The van der Waals surface area contributed by atoms with Gasteiger partial charge in [0, 0.05) is 5.56 Å². The zero-order valence-corrected chi connectivity index (χ0v) is 18.9. The van der Waals surface area contributed by atoms with Crippen LogP contribution >= 0.6 is 15.9 Å². The number of amides is 1. The third kappa shape index (κ3) is 5.73. The predicted octanol–water partition coefficient (Wildman–Crippen LogP) is 4.68. The normalized spacial score (nSPS) is 10.3. The highest BCUT2D eigenvalue weighted by Crippen LogP contribution is 2.37. The van der Waals surface area contributed by atoms with Crippen LogP contribution in [-0.2, 0) is 6.61 Å². The third-order valence-corrected chi connectivity index (χ3v) is 5.07. The minimum absolute atomic E-state index is 0.114. The van der Waals surface area contributed by atoms with Crippen molar-refractivity contribution in [3.8, 4) is 23.6 Å². The second kappa shape index (κ2) is 10.9. The maximum absolute atomic E-state index is 14.0. The summed E-state index contributed by atoms with van der Waals surface area (Å²) in [6, 6.07) is 17.9. The largest absolute Gasteiger partial charge is 0.493 e. The van der Waals surface area contributed by atoms with Crippen molar-refractivity contribution in [1.82, 2.24) is 5.43 Å². The first-order valence-corrected chi connectivity index (χ1v) is 10.3. The van der Waals surface area contributed by atoms with Crippen molar-refractivity contribution in [1.29, 1.82) is 10.5 Å². The Kier molecular flexibility index (Phi) is 7.74. The number of methoxy groups -OCH3 is 1. The van der Waals surface area contributed by atoms with E-state index in [0.29, 0.717) is 27.1 Å². The number of carbonyl (C=O) groups is 1. The first kappa shape index (κ1) is 23.5. The van der Waals surface area contributed by atoms with E-state index in [4.69, 9.17) is 14.7 Å². The molecule has 3 aromatic carbocycles. The standard InChI is InChI=1S/C24H16BrFN4O3/c1-32-22-10-16(13-29-30-24(31)19-7-6-15(11-27)9-21(19)26)8-20(25)23(22)33-14-18-5-3-2-4-17(18)12-28/h2-10,13H,14H2,1H3,(H,30,31). The Bertz CT molecular complexity index is 1310. The number of nitrogens with one attached hydrogen (secondary N) is 1. The van der Waals surface area contributed by atoms with Crippen molar-refractivity contribution in [2.45, 2.75) is 6.61 Å². The fourth-order valence-corrected chi connectivity index (χ4v) is 3.43. The molecule has 33 heavy (non-hydrogen) atoms. The highest BCUT2D eigenvalue weighted by atomic mass is 79.9. The molecule has 7 nitrogen and oxygen atoms in total. The molecule has 164 valence electrons. The van der Waals surface area contributed by atoms with Gasteiger partial charge in [0.1, 0.15) is 12.4 Å². The molecule has 0 atom stereocenters. The van der Waals surface area contributed by atoms with Crippen LogP contribution in [0.15, 0.2) is 64.2 Å². The first-order chi connectivity index (χ1) is 16.0. The van der Waals surface area contributed by atoms with E-state index in [2.05, 4.69) is 32.5 Å². The number of halogens is 2. The molecule has 0 spiro atoms. The van der Waals surface area contributed by atoms with Gasteiger partial charge in [0.05, 0.1) is 46.6 Å². The summed E-state index contributed by atoms with van der Waals surface area (Å²) in [6.07, 6.45) is 1.36. The zero-order chi connectivity index (χ0) is 23.8. The topological polar surface area (TPSA) is 108 Å². The van der Waals surface area contributed by atoms with Gasteiger partial charge in [0.15, 0.2) is 11.5 Å². The van der Waals surface area contributed by atoms with Gasteiger partial charge < -0.3 is 9.47 Å². The minimum atomic E-state index is -0.814. The summed E-state index contributed by atoms with van der Waals surface area (Å²) >= 11 is 3.43. The van der Waals surface area contributed by atoms with Gasteiger partial charge >= 0.3 is 0 Å². The molecule has 0 radical (unpaired) electrons. The van der Waals surface area contributed by atoms with Gasteiger partial charge in [-0.05, 0) is 57.9 Å². The van der Waals surface area contributed by atoms with Gasteiger partial charge in [0.2, 0.25) is 0 Å². The Morgan fingerprint density at radius 3 is 2.67 bits per heavy atom. The summed E-state index contributed by atoms with van der Waals surface area (Å²) in [4.78, 5) is 12.1. The molecular weight excluding hydrogens is 491 g/mol. The van der Waals surface area contributed by atoms with Gasteiger partial charge in [-0.2, -0.15) is 15.6 Å². The number of hydrazone groups is 1. The fraction of sp³-hybridized carbons (Fsp3) is 0.0833. The summed E-state index contributed by atoms with van der Waals surface area (Å²) in [5.74, 6) is -0.725. The van der Waals surface area contributed by atoms with Gasteiger partial charge in [0.25, 0.3) is 5.91 Å². The van der Waals surface area contributed by atoms with Crippen LogP contribution in [0.1, 0.15) is 32.6 Å². The predicted molar refractivity (Wildman–Crippen MR) is 122 cm³/mol. The van der Waals surface area contributed by atoms with Crippen LogP contribution in [0.25, 0.3) is 0 Å². The molecule has 0 aliphatic rings. The van der Waals surface area contributed by atoms with E-state index in [1.54, 1.807) is 36.4 Å². The Labute approximate surface area is 197 Å². The van der Waals surface area contributed by atoms with E-state index < -0.39 is 11.7 Å². The molecule has 0 saturated heterocycles. The second-order valence-corrected chi connectivity index (χ2v) is 7.45. The molecule has 9 heteroatoms. The lowest BCUT2D eigenvalue weighted by atomic mass is 10.1.